The number of carbonyl (C=O) groups excluding carboxylic acids is 1. The molecule has 0 radical (unpaired) electrons. The first-order valence-corrected chi connectivity index (χ1v) is 6.61. The van der Waals surface area contributed by atoms with E-state index < -0.39 is 5.97 Å². The van der Waals surface area contributed by atoms with Crippen LogP contribution in [0.25, 0.3) is 0 Å². The Morgan fingerprint density at radius 2 is 2.25 bits per heavy atom. The molecule has 2 aromatic rings. The van der Waals surface area contributed by atoms with E-state index in [0.717, 1.165) is 0 Å². The van der Waals surface area contributed by atoms with Crippen LogP contribution in [0.2, 0.25) is 0 Å². The molecule has 104 valence electrons. The van der Waals surface area contributed by atoms with Crippen LogP contribution in [0.4, 0.5) is 5.13 Å². The third-order valence-corrected chi connectivity index (χ3v) is 3.16. The average Bonchev–Trinajstić information content (AvgIpc) is 2.89. The molecule has 0 aliphatic heterocycles. The molecule has 1 aromatic carbocycles. The summed E-state index contributed by atoms with van der Waals surface area (Å²) >= 11 is 1.29. The van der Waals surface area contributed by atoms with E-state index in [0.29, 0.717) is 10.7 Å². The van der Waals surface area contributed by atoms with Gasteiger partial charge in [-0.2, -0.15) is 0 Å². The number of hydrogen-bond acceptors (Lipinski definition) is 5. The minimum Gasteiger partial charge on any atom is -0.483 e. The summed E-state index contributed by atoms with van der Waals surface area (Å²) in [7, 11) is 0. The number of aromatic nitrogens is 1. The number of aromatic carboxylic acids is 1. The second-order valence-corrected chi connectivity index (χ2v) is 4.83. The topological polar surface area (TPSA) is 88.5 Å². The van der Waals surface area contributed by atoms with Gasteiger partial charge in [-0.3, -0.25) is 10.1 Å². The number of carboxylic acids is 1. The van der Waals surface area contributed by atoms with Crippen molar-refractivity contribution in [3.8, 4) is 5.75 Å². The van der Waals surface area contributed by atoms with Crippen molar-refractivity contribution in [2.75, 3.05) is 11.9 Å². The van der Waals surface area contributed by atoms with E-state index in [1.165, 1.54) is 17.4 Å². The van der Waals surface area contributed by atoms with Gasteiger partial charge >= 0.3 is 5.97 Å². The lowest BCUT2D eigenvalue weighted by Crippen LogP contribution is -2.21. The zero-order chi connectivity index (χ0) is 14.5. The highest BCUT2D eigenvalue weighted by Gasteiger charge is 2.15. The smallest absolute Gasteiger partial charge is 0.339 e. The summed E-state index contributed by atoms with van der Waals surface area (Å²) in [5.41, 5.74) is 0.694. The molecule has 0 spiro atoms. The summed E-state index contributed by atoms with van der Waals surface area (Å²) in [5, 5.41) is 13.8. The Labute approximate surface area is 119 Å². The van der Waals surface area contributed by atoms with Gasteiger partial charge < -0.3 is 9.84 Å². The summed E-state index contributed by atoms with van der Waals surface area (Å²) in [5.74, 6) is -1.28. The molecule has 20 heavy (non-hydrogen) atoms. The SMILES string of the molecule is Cc1cccc(C(=O)O)c1OCC(=O)Nc1nccs1. The van der Waals surface area contributed by atoms with Crippen LogP contribution in [0.3, 0.4) is 0 Å². The van der Waals surface area contributed by atoms with E-state index in [-0.39, 0.29) is 23.8 Å². The summed E-state index contributed by atoms with van der Waals surface area (Å²) < 4.78 is 5.32. The maximum atomic E-state index is 11.7. The number of rotatable bonds is 5. The fourth-order valence-electron chi connectivity index (χ4n) is 1.59. The second kappa shape index (κ2) is 6.16. The first-order chi connectivity index (χ1) is 9.58. The van der Waals surface area contributed by atoms with Crippen molar-refractivity contribution < 1.29 is 19.4 Å². The Morgan fingerprint density at radius 3 is 2.90 bits per heavy atom. The molecule has 1 aromatic heterocycles. The van der Waals surface area contributed by atoms with E-state index >= 15 is 0 Å². The average molecular weight is 292 g/mol. The summed E-state index contributed by atoms with van der Waals surface area (Å²) in [6.07, 6.45) is 1.57. The molecule has 2 N–H and O–H groups in total. The first kappa shape index (κ1) is 14.0. The summed E-state index contributed by atoms with van der Waals surface area (Å²) in [6.45, 7) is 1.45. The Bertz CT molecular complexity index is 625. The molecule has 0 saturated heterocycles. The van der Waals surface area contributed by atoms with E-state index in [4.69, 9.17) is 9.84 Å². The van der Waals surface area contributed by atoms with Gasteiger partial charge in [0.2, 0.25) is 0 Å². The van der Waals surface area contributed by atoms with Crippen molar-refractivity contribution in [3.05, 3.63) is 40.9 Å². The van der Waals surface area contributed by atoms with Crippen molar-refractivity contribution in [1.29, 1.82) is 0 Å². The maximum absolute atomic E-state index is 11.7. The zero-order valence-corrected chi connectivity index (χ0v) is 11.4. The van der Waals surface area contributed by atoms with Gasteiger partial charge in [0.05, 0.1) is 0 Å². The molecular weight excluding hydrogens is 280 g/mol. The molecule has 7 heteroatoms. The maximum Gasteiger partial charge on any atom is 0.339 e. The standard InChI is InChI=1S/C13H12N2O4S/c1-8-3-2-4-9(12(17)18)11(8)19-7-10(16)15-13-14-5-6-20-13/h2-6H,7H2,1H3,(H,17,18)(H,14,15,16). The number of nitrogens with one attached hydrogen (secondary N) is 1. The van der Waals surface area contributed by atoms with Crippen molar-refractivity contribution >= 4 is 28.3 Å². The summed E-state index contributed by atoms with van der Waals surface area (Å²) in [4.78, 5) is 26.7. The van der Waals surface area contributed by atoms with E-state index in [1.807, 2.05) is 0 Å². The van der Waals surface area contributed by atoms with E-state index in [9.17, 15) is 9.59 Å². The lowest BCUT2D eigenvalue weighted by Gasteiger charge is -2.11. The van der Waals surface area contributed by atoms with E-state index in [2.05, 4.69) is 10.3 Å². The highest BCUT2D eigenvalue weighted by Crippen LogP contribution is 2.23. The normalized spacial score (nSPS) is 10.1. The van der Waals surface area contributed by atoms with Gasteiger partial charge in [0.1, 0.15) is 11.3 Å². The molecule has 1 amide bonds. The number of amides is 1. The van der Waals surface area contributed by atoms with Gasteiger partial charge in [-0.25, -0.2) is 9.78 Å². The number of anilines is 1. The number of carbonyl (C=O) groups is 2. The Kier molecular flexibility index (Phi) is 4.31. The molecule has 6 nitrogen and oxygen atoms in total. The number of hydrogen-bond donors (Lipinski definition) is 2. The van der Waals surface area contributed by atoms with Gasteiger partial charge in [-0.05, 0) is 18.6 Å². The van der Waals surface area contributed by atoms with Crippen molar-refractivity contribution in [1.82, 2.24) is 4.98 Å². The molecule has 0 unspecified atom stereocenters. The molecule has 0 aliphatic carbocycles. The number of para-hydroxylation sites is 1. The quantitative estimate of drug-likeness (QED) is 0.881. The number of carboxylic acid groups (broad SMARTS) is 1. The number of nitrogens with zero attached hydrogens (tertiary/aromatic N) is 1. The highest BCUT2D eigenvalue weighted by atomic mass is 32.1. The number of ether oxygens (including phenoxy) is 1. The number of aryl methyl sites for hydroxylation is 1. The van der Waals surface area contributed by atoms with E-state index in [1.54, 1.807) is 30.6 Å². The van der Waals surface area contributed by atoms with Gasteiger partial charge in [0, 0.05) is 11.6 Å². The van der Waals surface area contributed by atoms with Gasteiger partial charge in [0.15, 0.2) is 11.7 Å². The molecule has 0 saturated carbocycles. The van der Waals surface area contributed by atoms with Crippen LogP contribution in [-0.2, 0) is 4.79 Å². The minimum absolute atomic E-state index is 0.0343. The third kappa shape index (κ3) is 3.33. The predicted octanol–water partition coefficient (Wildman–Crippen LogP) is 2.17. The minimum atomic E-state index is -1.09. The van der Waals surface area contributed by atoms with Crippen LogP contribution >= 0.6 is 11.3 Å². The molecule has 0 fully saturated rings. The fraction of sp³-hybridized carbons (Fsp3) is 0.154. The molecule has 2 rings (SSSR count). The Hall–Kier alpha value is -2.41. The Balaban J connectivity index is 2.03. The van der Waals surface area contributed by atoms with Crippen LogP contribution in [0, 0.1) is 6.92 Å². The molecule has 1 heterocycles. The molecular formula is C13H12N2O4S. The van der Waals surface area contributed by atoms with Gasteiger partial charge in [-0.15, -0.1) is 11.3 Å². The van der Waals surface area contributed by atoms with Gasteiger partial charge in [0.25, 0.3) is 5.91 Å². The van der Waals surface area contributed by atoms with Gasteiger partial charge in [-0.1, -0.05) is 12.1 Å². The first-order valence-electron chi connectivity index (χ1n) is 5.73. The third-order valence-electron chi connectivity index (χ3n) is 2.47. The lowest BCUT2D eigenvalue weighted by atomic mass is 10.1. The number of benzene rings is 1. The van der Waals surface area contributed by atoms with Crippen LogP contribution in [0.15, 0.2) is 29.8 Å². The molecule has 0 bridgehead atoms. The van der Waals surface area contributed by atoms with Crippen LogP contribution in [-0.4, -0.2) is 28.6 Å². The van der Waals surface area contributed by atoms with Crippen LogP contribution in [0.5, 0.6) is 5.75 Å². The summed E-state index contributed by atoms with van der Waals surface area (Å²) in [6, 6.07) is 4.78. The second-order valence-electron chi connectivity index (χ2n) is 3.93. The number of thiazole rings is 1. The highest BCUT2D eigenvalue weighted by molar-refractivity contribution is 7.13. The largest absolute Gasteiger partial charge is 0.483 e. The van der Waals surface area contributed by atoms with Crippen molar-refractivity contribution in [3.63, 3.8) is 0 Å². The molecule has 0 aliphatic rings. The van der Waals surface area contributed by atoms with Crippen LogP contribution in [0.1, 0.15) is 15.9 Å². The van der Waals surface area contributed by atoms with Crippen LogP contribution < -0.4 is 10.1 Å². The lowest BCUT2D eigenvalue weighted by molar-refractivity contribution is -0.118. The monoisotopic (exact) mass is 292 g/mol. The Morgan fingerprint density at radius 1 is 1.45 bits per heavy atom. The van der Waals surface area contributed by atoms with Crippen molar-refractivity contribution in [2.45, 2.75) is 6.92 Å². The fourth-order valence-corrected chi connectivity index (χ4v) is 2.14. The van der Waals surface area contributed by atoms with Crippen molar-refractivity contribution in [2.24, 2.45) is 0 Å². The predicted molar refractivity (Wildman–Crippen MR) is 74.4 cm³/mol. The molecule has 0 atom stereocenters. The zero-order valence-electron chi connectivity index (χ0n) is 10.6.